The predicted molar refractivity (Wildman–Crippen MR) is 91.5 cm³/mol. The molecule has 1 aromatic carbocycles. The van der Waals surface area contributed by atoms with Crippen LogP contribution in [0.4, 0.5) is 0 Å². The monoisotopic (exact) mass is 338 g/mol. The Labute approximate surface area is 146 Å². The van der Waals surface area contributed by atoms with E-state index >= 15 is 0 Å². The van der Waals surface area contributed by atoms with E-state index in [0.717, 1.165) is 18.4 Å². The smallest absolute Gasteiger partial charge is 0.164 e. The van der Waals surface area contributed by atoms with Crippen LogP contribution in [0.25, 0.3) is 0 Å². The van der Waals surface area contributed by atoms with Crippen molar-refractivity contribution >= 4 is 11.6 Å². The molecule has 0 spiro atoms. The topological polar surface area (TPSA) is 66.9 Å². The average Bonchev–Trinajstić information content (AvgIpc) is 3.38. The highest BCUT2D eigenvalue weighted by molar-refractivity contribution is 5.97. The van der Waals surface area contributed by atoms with Gasteiger partial charge in [0.2, 0.25) is 0 Å². The van der Waals surface area contributed by atoms with Gasteiger partial charge in [-0.25, -0.2) is 0 Å². The second kappa shape index (κ2) is 4.68. The predicted octanol–water partition coefficient (Wildman–Crippen LogP) is 2.58. The van der Waals surface area contributed by atoms with Crippen LogP contribution in [0, 0.1) is 11.3 Å². The molecule has 4 aliphatic rings. The summed E-state index contributed by atoms with van der Waals surface area (Å²) in [7, 11) is 0. The van der Waals surface area contributed by atoms with Gasteiger partial charge in [-0.3, -0.25) is 9.59 Å². The van der Waals surface area contributed by atoms with Crippen molar-refractivity contribution in [1.29, 1.82) is 0 Å². The van der Waals surface area contributed by atoms with Crippen molar-refractivity contribution in [2.75, 3.05) is 0 Å². The Morgan fingerprint density at radius 2 is 2.16 bits per heavy atom. The van der Waals surface area contributed by atoms with Crippen molar-refractivity contribution in [1.82, 2.24) is 0 Å². The summed E-state index contributed by atoms with van der Waals surface area (Å²) in [5.74, 6) is 0.280. The number of aryl methyl sites for hydroxylation is 1. The molecule has 1 saturated carbocycles. The van der Waals surface area contributed by atoms with E-state index in [-0.39, 0.29) is 35.6 Å². The quantitative estimate of drug-likeness (QED) is 0.631. The van der Waals surface area contributed by atoms with Crippen LogP contribution in [-0.4, -0.2) is 34.5 Å². The third kappa shape index (κ3) is 1.74. The molecule has 130 valence electrons. The molecule has 1 N–H and O–H groups in total. The molecule has 0 amide bonds. The molecule has 0 bridgehead atoms. The molecule has 25 heavy (non-hydrogen) atoms. The summed E-state index contributed by atoms with van der Waals surface area (Å²) in [6, 6.07) is 5.92. The van der Waals surface area contributed by atoms with Gasteiger partial charge >= 0.3 is 0 Å². The molecular weight excluding hydrogens is 316 g/mol. The zero-order chi connectivity index (χ0) is 17.6. The number of benzene rings is 1. The fourth-order valence-electron chi connectivity index (χ4n) is 5.77. The van der Waals surface area contributed by atoms with Crippen molar-refractivity contribution in [3.8, 4) is 0 Å². The van der Waals surface area contributed by atoms with E-state index in [1.165, 1.54) is 11.1 Å². The van der Waals surface area contributed by atoms with Crippen LogP contribution in [0.5, 0.6) is 0 Å². The molecule has 5 rings (SSSR count). The zero-order valence-corrected chi connectivity index (χ0v) is 14.5. The Balaban J connectivity index is 1.64. The number of carbonyl (C=O) groups excluding carboxylic acids is 2. The summed E-state index contributed by atoms with van der Waals surface area (Å²) >= 11 is 0. The van der Waals surface area contributed by atoms with Crippen molar-refractivity contribution in [3.05, 3.63) is 47.0 Å². The van der Waals surface area contributed by atoms with E-state index in [2.05, 4.69) is 0 Å². The Morgan fingerprint density at radius 3 is 2.92 bits per heavy atom. The normalized spacial score (nSPS) is 43.6. The number of carbonyl (C=O) groups is 2. The van der Waals surface area contributed by atoms with Gasteiger partial charge in [0.05, 0.1) is 11.5 Å². The molecule has 2 fully saturated rings. The maximum atomic E-state index is 12.9. The number of allylic oxidation sites excluding steroid dienone is 1. The molecule has 1 aromatic rings. The molecule has 4 heteroatoms. The molecule has 1 aliphatic heterocycles. The summed E-state index contributed by atoms with van der Waals surface area (Å²) in [4.78, 5) is 24.6. The first kappa shape index (κ1) is 15.5. The Bertz CT molecular complexity index is 840. The lowest BCUT2D eigenvalue weighted by molar-refractivity contribution is -0.164. The SMILES string of the molecule is CC(=O)c1ccc2c(c1)CC[C@@H]1[C@H]2[C@@H]2O[C@@H]2[C@@]2(O)CC=CC(=O)[C@]12C. The van der Waals surface area contributed by atoms with Crippen molar-refractivity contribution in [2.45, 2.75) is 56.8 Å². The number of ether oxygens (including phenoxy) is 1. The molecule has 4 nitrogen and oxygen atoms in total. The number of epoxide rings is 1. The van der Waals surface area contributed by atoms with Crippen molar-refractivity contribution in [2.24, 2.45) is 11.3 Å². The number of hydrogen-bond donors (Lipinski definition) is 1. The summed E-state index contributed by atoms with van der Waals surface area (Å²) in [5, 5.41) is 11.4. The Hall–Kier alpha value is -1.78. The van der Waals surface area contributed by atoms with Gasteiger partial charge in [0.15, 0.2) is 11.6 Å². The molecule has 0 radical (unpaired) electrons. The molecular formula is C21H22O4. The molecule has 1 heterocycles. The van der Waals surface area contributed by atoms with Crippen molar-refractivity contribution < 1.29 is 19.4 Å². The van der Waals surface area contributed by atoms with Crippen LogP contribution in [0.2, 0.25) is 0 Å². The van der Waals surface area contributed by atoms with Crippen LogP contribution in [0.3, 0.4) is 0 Å². The first-order valence-corrected chi connectivity index (χ1v) is 9.10. The van der Waals surface area contributed by atoms with Gasteiger partial charge < -0.3 is 9.84 Å². The minimum atomic E-state index is -1.10. The summed E-state index contributed by atoms with van der Waals surface area (Å²) in [5.41, 5.74) is 1.22. The Morgan fingerprint density at radius 1 is 1.36 bits per heavy atom. The van der Waals surface area contributed by atoms with E-state index in [1.54, 1.807) is 19.1 Å². The number of Topliss-reactive ketones (excluding diaryl/α,β-unsaturated/α-hetero) is 1. The summed E-state index contributed by atoms with van der Waals surface area (Å²) in [6.07, 6.45) is 5.29. The lowest BCUT2D eigenvalue weighted by atomic mass is 9.48. The second-order valence-electron chi connectivity index (χ2n) is 8.26. The third-order valence-electron chi connectivity index (χ3n) is 7.27. The molecule has 1 saturated heterocycles. The second-order valence-corrected chi connectivity index (χ2v) is 8.26. The number of aliphatic hydroxyl groups is 1. The van der Waals surface area contributed by atoms with E-state index in [1.807, 2.05) is 25.1 Å². The highest BCUT2D eigenvalue weighted by Gasteiger charge is 2.74. The lowest BCUT2D eigenvalue weighted by Gasteiger charge is -2.55. The van der Waals surface area contributed by atoms with Crippen LogP contribution in [0.1, 0.15) is 54.1 Å². The maximum absolute atomic E-state index is 12.9. The third-order valence-corrected chi connectivity index (χ3v) is 7.27. The average molecular weight is 338 g/mol. The Kier molecular flexibility index (Phi) is 2.90. The molecule has 0 aromatic heterocycles. The molecule has 0 unspecified atom stereocenters. The first-order chi connectivity index (χ1) is 11.9. The summed E-state index contributed by atoms with van der Waals surface area (Å²) < 4.78 is 5.96. The van der Waals surface area contributed by atoms with E-state index < -0.39 is 11.0 Å². The van der Waals surface area contributed by atoms with Gasteiger partial charge in [-0.05, 0) is 62.3 Å². The van der Waals surface area contributed by atoms with Crippen LogP contribution in [-0.2, 0) is 16.0 Å². The molecule has 3 aliphatic carbocycles. The van der Waals surface area contributed by atoms with E-state index in [9.17, 15) is 14.7 Å². The highest BCUT2D eigenvalue weighted by Crippen LogP contribution is 2.66. The fourth-order valence-corrected chi connectivity index (χ4v) is 5.77. The molecule has 6 atom stereocenters. The number of rotatable bonds is 1. The van der Waals surface area contributed by atoms with Crippen LogP contribution in [0.15, 0.2) is 30.4 Å². The van der Waals surface area contributed by atoms with Gasteiger partial charge in [-0.15, -0.1) is 0 Å². The summed E-state index contributed by atoms with van der Waals surface area (Å²) in [6.45, 7) is 3.52. The first-order valence-electron chi connectivity index (χ1n) is 9.10. The van der Waals surface area contributed by atoms with Gasteiger partial charge in [-0.1, -0.05) is 18.2 Å². The zero-order valence-electron chi connectivity index (χ0n) is 14.5. The highest BCUT2D eigenvalue weighted by atomic mass is 16.6. The van der Waals surface area contributed by atoms with Gasteiger partial charge in [0.1, 0.15) is 11.7 Å². The fraction of sp³-hybridized carbons (Fsp3) is 0.524. The number of fused-ring (bicyclic) bond motifs is 8. The van der Waals surface area contributed by atoms with Crippen molar-refractivity contribution in [3.63, 3.8) is 0 Å². The van der Waals surface area contributed by atoms with Gasteiger partial charge in [0, 0.05) is 11.5 Å². The van der Waals surface area contributed by atoms with Gasteiger partial charge in [0.25, 0.3) is 0 Å². The lowest BCUT2D eigenvalue weighted by Crippen LogP contribution is -2.65. The minimum absolute atomic E-state index is 0.0222. The van der Waals surface area contributed by atoms with Gasteiger partial charge in [-0.2, -0.15) is 0 Å². The number of ketones is 2. The standard InChI is InChI=1S/C21H22O4/c1-11(22)12-5-7-14-13(10-12)6-8-15-17(14)18-19(25-18)21(24)9-3-4-16(23)20(15,21)2/h3-5,7,10,15,17-19,24H,6,8-9H2,1-2H3/t15-,17+,18+,19+,20+,21+/m1/s1. The van der Waals surface area contributed by atoms with E-state index in [0.29, 0.717) is 6.42 Å². The van der Waals surface area contributed by atoms with E-state index in [4.69, 9.17) is 4.74 Å². The van der Waals surface area contributed by atoms with Crippen LogP contribution < -0.4 is 0 Å². The number of hydrogen-bond acceptors (Lipinski definition) is 4. The van der Waals surface area contributed by atoms with Crippen LogP contribution >= 0.6 is 0 Å². The minimum Gasteiger partial charge on any atom is -0.386 e. The largest absolute Gasteiger partial charge is 0.386 e. The maximum Gasteiger partial charge on any atom is 0.164 e.